The monoisotopic (exact) mass is 454 g/mol. The van der Waals surface area contributed by atoms with Gasteiger partial charge in [-0.05, 0) is 79.0 Å². The Morgan fingerprint density at radius 1 is 0.485 bits per heavy atom. The summed E-state index contributed by atoms with van der Waals surface area (Å²) in [5, 5.41) is 0. The summed E-state index contributed by atoms with van der Waals surface area (Å²) < 4.78 is 16.3. The highest BCUT2D eigenvalue weighted by atomic mass is 16.4. The predicted molar refractivity (Wildman–Crippen MR) is 127 cm³/mol. The van der Waals surface area contributed by atoms with E-state index in [2.05, 4.69) is 0 Å². The van der Waals surface area contributed by atoms with Crippen LogP contribution in [0.5, 0.6) is 0 Å². The normalized spacial score (nSPS) is 10.7. The van der Waals surface area contributed by atoms with Gasteiger partial charge in [-0.25, -0.2) is 0 Å². The van der Waals surface area contributed by atoms with Gasteiger partial charge in [0.25, 0.3) is 0 Å². The zero-order valence-electron chi connectivity index (χ0n) is 21.4. The number of aryl methyl sites for hydroxylation is 3. The molecule has 0 N–H and O–H groups in total. The molecule has 0 aliphatic rings. The maximum atomic E-state index is 12.3. The molecule has 0 amide bonds. The molecule has 178 valence electrons. The fourth-order valence-corrected chi connectivity index (χ4v) is 3.49. The predicted octanol–water partition coefficient (Wildman–Crippen LogP) is 6.98. The molecule has 0 bridgehead atoms. The Morgan fingerprint density at radius 3 is 0.970 bits per heavy atom. The van der Waals surface area contributed by atoms with E-state index in [1.54, 1.807) is 0 Å². The number of hydrogen-bond acceptors (Lipinski definition) is 6. The molecule has 0 aliphatic heterocycles. The van der Waals surface area contributed by atoms with Crippen LogP contribution >= 0.6 is 0 Å². The van der Waals surface area contributed by atoms with Gasteiger partial charge in [0.15, 0.2) is 23.1 Å². The second-order valence-corrected chi connectivity index (χ2v) is 8.51. The molecular weight excluding hydrogens is 420 g/mol. The minimum atomic E-state index is -0.306. The molecule has 0 saturated carbocycles. The molecule has 3 rings (SSSR count). The average molecular weight is 455 g/mol. The fraction of sp³-hybridized carbons (Fsp3) is 0.444. The first-order chi connectivity index (χ1) is 15.3. The molecule has 6 heteroatoms. The summed E-state index contributed by atoms with van der Waals surface area (Å²) in [5.74, 6) is 2.83. The van der Waals surface area contributed by atoms with Crippen molar-refractivity contribution in [2.45, 2.75) is 82.1 Å². The third kappa shape index (κ3) is 5.27. The van der Waals surface area contributed by atoms with Crippen molar-refractivity contribution in [1.82, 2.24) is 0 Å². The molecule has 0 unspecified atom stereocenters. The van der Waals surface area contributed by atoms with Crippen molar-refractivity contribution in [2.75, 3.05) is 0 Å². The molecule has 6 nitrogen and oxygen atoms in total. The summed E-state index contributed by atoms with van der Waals surface area (Å²) in [5.41, 5.74) is 5.58. The van der Waals surface area contributed by atoms with E-state index in [0.717, 1.165) is 39.1 Å². The van der Waals surface area contributed by atoms with Crippen molar-refractivity contribution in [3.63, 3.8) is 0 Å². The summed E-state index contributed by atoms with van der Waals surface area (Å²) >= 11 is 0. The number of hydrogen-bond donors (Lipinski definition) is 0. The van der Waals surface area contributed by atoms with Crippen LogP contribution in [-0.4, -0.2) is 17.3 Å². The van der Waals surface area contributed by atoms with Crippen LogP contribution < -0.4 is 0 Å². The molecule has 0 saturated heterocycles. The molecule has 0 spiro atoms. The zero-order valence-corrected chi connectivity index (χ0v) is 21.4. The van der Waals surface area contributed by atoms with Gasteiger partial charge in [-0.3, -0.25) is 14.4 Å². The van der Waals surface area contributed by atoms with Crippen molar-refractivity contribution >= 4 is 17.3 Å². The molecule has 0 aromatic carbocycles. The van der Waals surface area contributed by atoms with Crippen molar-refractivity contribution in [3.8, 4) is 0 Å². The Labute approximate surface area is 195 Å². The van der Waals surface area contributed by atoms with Crippen LogP contribution in [0.4, 0.5) is 0 Å². The maximum absolute atomic E-state index is 12.3. The van der Waals surface area contributed by atoms with Crippen LogP contribution in [-0.2, 0) is 0 Å². The lowest BCUT2D eigenvalue weighted by Gasteiger charge is -1.99. The summed E-state index contributed by atoms with van der Waals surface area (Å²) in [4.78, 5) is 35.8. The largest absolute Gasteiger partial charge is 0.458 e. The van der Waals surface area contributed by atoms with Gasteiger partial charge in [0.1, 0.15) is 17.3 Å². The topological polar surface area (TPSA) is 90.6 Å². The second-order valence-electron chi connectivity index (χ2n) is 8.51. The van der Waals surface area contributed by atoms with E-state index in [0.29, 0.717) is 23.7 Å². The van der Waals surface area contributed by atoms with E-state index in [1.807, 2.05) is 69.2 Å². The van der Waals surface area contributed by atoms with Crippen LogP contribution in [0.2, 0.25) is 0 Å². The molecule has 33 heavy (non-hydrogen) atoms. The minimum Gasteiger partial charge on any atom is -0.458 e. The maximum Gasteiger partial charge on any atom is 0.206 e. The van der Waals surface area contributed by atoms with Gasteiger partial charge in [-0.2, -0.15) is 0 Å². The second kappa shape index (κ2) is 10.2. The quantitative estimate of drug-likeness (QED) is 0.295. The van der Waals surface area contributed by atoms with E-state index in [-0.39, 0.29) is 35.3 Å². The fourth-order valence-electron chi connectivity index (χ4n) is 3.49. The van der Waals surface area contributed by atoms with Crippen molar-refractivity contribution < 1.29 is 27.6 Å². The van der Waals surface area contributed by atoms with Gasteiger partial charge in [-0.15, -0.1) is 0 Å². The van der Waals surface area contributed by atoms with Crippen molar-refractivity contribution in [1.29, 1.82) is 0 Å². The molecular formula is C27H34O6. The Balaban J connectivity index is 0.000000273. The Hall–Kier alpha value is -3.15. The van der Waals surface area contributed by atoms with E-state index in [9.17, 15) is 14.4 Å². The van der Waals surface area contributed by atoms with Gasteiger partial charge in [0, 0.05) is 23.1 Å². The van der Waals surface area contributed by atoms with E-state index in [4.69, 9.17) is 13.3 Å². The first-order valence-electron chi connectivity index (χ1n) is 11.1. The standard InChI is InChI=1S/C17H20O4.C10H14O2/c1-8-10(3)16(20-12(8)5)14(18)7-15(19)17-11(4)9(2)13(6)21-17;1-5-9(11)10-7(3)6(2)8(4)12-10/h7H2,1-6H3;5H2,1-4H3. The first-order valence-corrected chi connectivity index (χ1v) is 11.1. The SMILES string of the molecule is CCC(=O)c1oc(C)c(C)c1C.Cc1oc(C(=O)CC(=O)c2oc(C)c(C)c2C)c(C)c1C. The van der Waals surface area contributed by atoms with Gasteiger partial charge in [0.05, 0.1) is 6.42 Å². The van der Waals surface area contributed by atoms with Crippen LogP contribution in [0, 0.1) is 62.3 Å². The molecule has 3 aromatic heterocycles. The summed E-state index contributed by atoms with van der Waals surface area (Å²) in [6.45, 7) is 18.7. The molecule has 0 aliphatic carbocycles. The molecule has 0 atom stereocenters. The number of Topliss-reactive ketones (excluding diaryl/α,β-unsaturated/α-hetero) is 3. The zero-order chi connectivity index (χ0) is 25.2. The Morgan fingerprint density at radius 2 is 0.758 bits per heavy atom. The minimum absolute atomic E-state index is 0.0868. The van der Waals surface area contributed by atoms with E-state index < -0.39 is 0 Å². The molecule has 3 heterocycles. The summed E-state index contributed by atoms with van der Waals surface area (Å²) in [7, 11) is 0. The lowest BCUT2D eigenvalue weighted by molar-refractivity contribution is 0.0860. The summed E-state index contributed by atoms with van der Waals surface area (Å²) in [6, 6.07) is 0. The van der Waals surface area contributed by atoms with E-state index in [1.165, 1.54) is 0 Å². The highest BCUT2D eigenvalue weighted by molar-refractivity contribution is 6.12. The first kappa shape index (κ1) is 26.1. The van der Waals surface area contributed by atoms with Crippen LogP contribution in [0.1, 0.15) is 102 Å². The Kier molecular flexibility index (Phi) is 8.06. The lowest BCUT2D eigenvalue weighted by atomic mass is 10.0. The molecule has 3 aromatic rings. The average Bonchev–Trinajstić information content (AvgIpc) is 3.30. The van der Waals surface area contributed by atoms with Crippen LogP contribution in [0.3, 0.4) is 0 Å². The van der Waals surface area contributed by atoms with Crippen LogP contribution in [0.15, 0.2) is 13.3 Å². The van der Waals surface area contributed by atoms with E-state index >= 15 is 0 Å². The van der Waals surface area contributed by atoms with Gasteiger partial charge >= 0.3 is 0 Å². The Bertz CT molecular complexity index is 1150. The van der Waals surface area contributed by atoms with Gasteiger partial charge in [0.2, 0.25) is 11.6 Å². The molecule has 0 fully saturated rings. The number of ketones is 3. The lowest BCUT2D eigenvalue weighted by Crippen LogP contribution is -2.09. The third-order valence-corrected chi connectivity index (χ3v) is 6.46. The number of furan rings is 3. The molecule has 0 radical (unpaired) electrons. The number of carbonyl (C=O) groups excluding carboxylic acids is 3. The van der Waals surface area contributed by atoms with Crippen LogP contribution in [0.25, 0.3) is 0 Å². The van der Waals surface area contributed by atoms with Gasteiger partial charge < -0.3 is 13.3 Å². The van der Waals surface area contributed by atoms with Crippen molar-refractivity contribution in [2.24, 2.45) is 0 Å². The van der Waals surface area contributed by atoms with Crippen molar-refractivity contribution in [3.05, 3.63) is 67.9 Å². The highest BCUT2D eigenvalue weighted by Crippen LogP contribution is 2.25. The number of carbonyl (C=O) groups is 3. The highest BCUT2D eigenvalue weighted by Gasteiger charge is 2.24. The number of rotatable bonds is 6. The smallest absolute Gasteiger partial charge is 0.206 e. The third-order valence-electron chi connectivity index (χ3n) is 6.46. The summed E-state index contributed by atoms with van der Waals surface area (Å²) in [6.07, 6.45) is 0.272. The van der Waals surface area contributed by atoms with Gasteiger partial charge in [-0.1, -0.05) is 6.92 Å².